The summed E-state index contributed by atoms with van der Waals surface area (Å²) >= 11 is 6.35. The summed E-state index contributed by atoms with van der Waals surface area (Å²) in [7, 11) is 1.43. The molecule has 0 saturated carbocycles. The van der Waals surface area contributed by atoms with Crippen molar-refractivity contribution < 1.29 is 18.7 Å². The normalized spacial score (nSPS) is 18.5. The molecule has 0 amide bonds. The summed E-state index contributed by atoms with van der Waals surface area (Å²) in [5, 5.41) is 0.389. The summed E-state index contributed by atoms with van der Waals surface area (Å²) in [6.07, 6.45) is 2.82. The fourth-order valence-corrected chi connectivity index (χ4v) is 3.31. The third-order valence-electron chi connectivity index (χ3n) is 4.34. The number of nitrogens with two attached hydrogens (primary N) is 2. The zero-order chi connectivity index (χ0) is 21.2. The molecule has 29 heavy (non-hydrogen) atoms. The Balaban J connectivity index is 1.93. The maximum Gasteiger partial charge on any atom is 0.288 e. The number of nitrogens with zero attached hydrogens (tertiary/aromatic N) is 3. The van der Waals surface area contributed by atoms with Crippen LogP contribution in [0.3, 0.4) is 0 Å². The molecule has 3 rings (SSSR count). The number of benzene rings is 1. The molecule has 0 bridgehead atoms. The first-order chi connectivity index (χ1) is 13.8. The van der Waals surface area contributed by atoms with Gasteiger partial charge in [0.25, 0.3) is 6.02 Å². The van der Waals surface area contributed by atoms with E-state index < -0.39 is 12.2 Å². The molecule has 0 spiro atoms. The molecule has 2 heterocycles. The van der Waals surface area contributed by atoms with E-state index in [9.17, 15) is 9.18 Å². The number of carbonyl (C=O) groups is 1. The average molecular weight is 420 g/mol. The number of allylic oxidation sites excluding steroid dienone is 1. The van der Waals surface area contributed by atoms with Crippen LogP contribution < -0.4 is 16.2 Å². The summed E-state index contributed by atoms with van der Waals surface area (Å²) in [5.41, 5.74) is 11.7. The van der Waals surface area contributed by atoms with Crippen molar-refractivity contribution in [2.75, 3.05) is 19.5 Å². The first-order valence-corrected chi connectivity index (χ1v) is 8.93. The molecule has 1 aromatic heterocycles. The van der Waals surface area contributed by atoms with E-state index in [2.05, 4.69) is 15.0 Å². The number of alkyl halides is 1. The van der Waals surface area contributed by atoms with Crippen LogP contribution in [0.4, 0.5) is 10.2 Å². The molecule has 1 aliphatic heterocycles. The van der Waals surface area contributed by atoms with Crippen molar-refractivity contribution in [3.8, 4) is 5.88 Å². The van der Waals surface area contributed by atoms with E-state index in [0.29, 0.717) is 16.1 Å². The molecule has 1 aromatic carbocycles. The Morgan fingerprint density at radius 3 is 2.79 bits per heavy atom. The van der Waals surface area contributed by atoms with Gasteiger partial charge in [-0.25, -0.2) is 14.4 Å². The number of ether oxygens (including phenoxy) is 2. The van der Waals surface area contributed by atoms with Crippen LogP contribution in [0, 0.1) is 0 Å². The lowest BCUT2D eigenvalue weighted by atomic mass is 9.89. The van der Waals surface area contributed by atoms with E-state index in [-0.39, 0.29) is 41.4 Å². The minimum atomic E-state index is -1.04. The minimum absolute atomic E-state index is 0.000830. The Bertz CT molecular complexity index is 1030. The second kappa shape index (κ2) is 8.04. The second-order valence-electron chi connectivity index (χ2n) is 6.50. The summed E-state index contributed by atoms with van der Waals surface area (Å²) in [5.74, 6) is -0.0936. The summed E-state index contributed by atoms with van der Waals surface area (Å²) in [4.78, 5) is 24.9. The summed E-state index contributed by atoms with van der Waals surface area (Å²) in [6.45, 7) is 0.884. The lowest BCUT2D eigenvalue weighted by molar-refractivity contribution is 0.0988. The standard InChI is InChI=1S/C19H19ClFN5O3/c1-19(7-11(8-21)29-18(23)26-19)12-5-10(3-4-13(12)20)6-14(27)16-17(22)25-15(28-2)9-24-16/h3-5,7,9H,6,8H2,1-2H3,(H2,22,25)(H2,23,26)/t19-/m0/s1. The predicted octanol–water partition coefficient (Wildman–Crippen LogP) is 2.56. The van der Waals surface area contributed by atoms with Gasteiger partial charge in [0.05, 0.1) is 13.3 Å². The maximum absolute atomic E-state index is 13.1. The first-order valence-electron chi connectivity index (χ1n) is 8.55. The third kappa shape index (κ3) is 4.29. The number of hydrogen-bond donors (Lipinski definition) is 2. The van der Waals surface area contributed by atoms with Gasteiger partial charge < -0.3 is 20.9 Å². The van der Waals surface area contributed by atoms with Crippen LogP contribution in [-0.4, -0.2) is 35.6 Å². The first kappa shape index (κ1) is 20.5. The van der Waals surface area contributed by atoms with Gasteiger partial charge in [-0.15, -0.1) is 0 Å². The Morgan fingerprint density at radius 1 is 1.38 bits per heavy atom. The zero-order valence-electron chi connectivity index (χ0n) is 15.8. The highest BCUT2D eigenvalue weighted by Crippen LogP contribution is 2.36. The van der Waals surface area contributed by atoms with Gasteiger partial charge in [0.15, 0.2) is 11.6 Å². The number of methoxy groups -OCH3 is 1. The Morgan fingerprint density at radius 2 is 2.14 bits per heavy atom. The van der Waals surface area contributed by atoms with Gasteiger partial charge in [0.2, 0.25) is 5.88 Å². The van der Waals surface area contributed by atoms with Crippen molar-refractivity contribution in [1.82, 2.24) is 9.97 Å². The second-order valence-corrected chi connectivity index (χ2v) is 6.91. The van der Waals surface area contributed by atoms with Crippen LogP contribution in [-0.2, 0) is 16.7 Å². The molecule has 1 aliphatic rings. The van der Waals surface area contributed by atoms with Gasteiger partial charge in [-0.1, -0.05) is 23.7 Å². The topological polar surface area (TPSA) is 126 Å². The van der Waals surface area contributed by atoms with Gasteiger partial charge >= 0.3 is 0 Å². The van der Waals surface area contributed by atoms with Crippen molar-refractivity contribution >= 4 is 29.2 Å². The van der Waals surface area contributed by atoms with Gasteiger partial charge in [0.1, 0.15) is 23.7 Å². The van der Waals surface area contributed by atoms with Gasteiger partial charge in [-0.2, -0.15) is 4.98 Å². The van der Waals surface area contributed by atoms with Crippen LogP contribution >= 0.6 is 11.6 Å². The molecule has 8 nitrogen and oxygen atoms in total. The SMILES string of the molecule is COc1cnc(C(=O)Cc2ccc(Cl)c([C@]3(C)C=C(CF)OC(N)=N3)c2)c(N)n1. The molecule has 2 aromatic rings. The van der Waals surface area contributed by atoms with Crippen LogP contribution in [0.15, 0.2) is 41.2 Å². The molecule has 0 radical (unpaired) electrons. The van der Waals surface area contributed by atoms with E-state index in [4.69, 9.17) is 32.5 Å². The van der Waals surface area contributed by atoms with E-state index in [0.717, 1.165) is 0 Å². The number of hydrogen-bond acceptors (Lipinski definition) is 8. The minimum Gasteiger partial charge on any atom is -0.480 e. The highest BCUT2D eigenvalue weighted by Gasteiger charge is 2.32. The van der Waals surface area contributed by atoms with E-state index in [1.54, 1.807) is 25.1 Å². The number of carbonyl (C=O) groups excluding carboxylic acids is 1. The van der Waals surface area contributed by atoms with Crippen LogP contribution in [0.25, 0.3) is 0 Å². The summed E-state index contributed by atoms with van der Waals surface area (Å²) in [6, 6.07) is 4.88. The molecule has 10 heteroatoms. The quantitative estimate of drug-likeness (QED) is 0.689. The number of Topliss-reactive ketones (excluding diaryl/α,β-unsaturated/α-hetero) is 1. The van der Waals surface area contributed by atoms with Crippen molar-refractivity contribution in [1.29, 1.82) is 0 Å². The molecule has 1 atom stereocenters. The van der Waals surface area contributed by atoms with E-state index in [1.807, 2.05) is 0 Å². The number of nitrogen functional groups attached to an aromatic ring is 1. The molecular formula is C19H19ClFN5O3. The number of aliphatic imine (C=N–C) groups is 1. The smallest absolute Gasteiger partial charge is 0.288 e. The highest BCUT2D eigenvalue weighted by molar-refractivity contribution is 6.31. The molecule has 0 fully saturated rings. The number of amidine groups is 1. The monoisotopic (exact) mass is 419 g/mol. The number of rotatable bonds is 6. The fourth-order valence-electron chi connectivity index (χ4n) is 3.00. The number of anilines is 1. The lowest BCUT2D eigenvalue weighted by Gasteiger charge is -2.28. The van der Waals surface area contributed by atoms with Gasteiger partial charge in [-0.3, -0.25) is 4.79 Å². The molecular weight excluding hydrogens is 401 g/mol. The Hall–Kier alpha value is -3.20. The average Bonchev–Trinajstić information content (AvgIpc) is 2.68. The van der Waals surface area contributed by atoms with E-state index >= 15 is 0 Å². The number of ketones is 1. The molecule has 4 N–H and O–H groups in total. The van der Waals surface area contributed by atoms with Crippen LogP contribution in [0.5, 0.6) is 5.88 Å². The van der Waals surface area contributed by atoms with Crippen molar-refractivity contribution in [3.05, 3.63) is 58.1 Å². The van der Waals surface area contributed by atoms with Crippen molar-refractivity contribution in [3.63, 3.8) is 0 Å². The maximum atomic E-state index is 13.1. The van der Waals surface area contributed by atoms with Crippen LogP contribution in [0.2, 0.25) is 5.02 Å². The largest absolute Gasteiger partial charge is 0.480 e. The zero-order valence-corrected chi connectivity index (χ0v) is 16.5. The van der Waals surface area contributed by atoms with Crippen LogP contribution in [0.1, 0.15) is 28.5 Å². The van der Waals surface area contributed by atoms with Crippen molar-refractivity contribution in [2.45, 2.75) is 18.9 Å². The van der Waals surface area contributed by atoms with Crippen molar-refractivity contribution in [2.24, 2.45) is 10.7 Å². The highest BCUT2D eigenvalue weighted by atomic mass is 35.5. The summed E-state index contributed by atoms with van der Waals surface area (Å²) < 4.78 is 23.1. The lowest BCUT2D eigenvalue weighted by Crippen LogP contribution is -2.30. The molecule has 0 saturated heterocycles. The molecule has 0 aliphatic carbocycles. The van der Waals surface area contributed by atoms with Gasteiger partial charge in [-0.05, 0) is 24.6 Å². The predicted molar refractivity (Wildman–Crippen MR) is 107 cm³/mol. The molecule has 152 valence electrons. The van der Waals surface area contributed by atoms with E-state index in [1.165, 1.54) is 19.4 Å². The fraction of sp³-hybridized carbons (Fsp3) is 0.263. The number of aromatic nitrogens is 2. The Kier molecular flexibility index (Phi) is 5.69. The third-order valence-corrected chi connectivity index (χ3v) is 4.67. The number of halogens is 2. The Labute approximate surface area is 171 Å². The van der Waals surface area contributed by atoms with Gasteiger partial charge in [0, 0.05) is 17.0 Å². The molecule has 0 unspecified atom stereocenters.